The maximum absolute atomic E-state index is 12.5. The molecule has 0 saturated heterocycles. The predicted octanol–water partition coefficient (Wildman–Crippen LogP) is 3.26. The van der Waals surface area contributed by atoms with Gasteiger partial charge < -0.3 is 10.5 Å². The normalized spacial score (nSPS) is 11.9. The lowest BCUT2D eigenvalue weighted by Crippen LogP contribution is -2.19. The molecule has 0 aliphatic rings. The van der Waals surface area contributed by atoms with Crippen LogP contribution in [0.25, 0.3) is 0 Å². The number of nitrogens with two attached hydrogens (primary N) is 1. The Morgan fingerprint density at radius 1 is 1.38 bits per heavy atom. The summed E-state index contributed by atoms with van der Waals surface area (Å²) in [4.78, 5) is 3.28. The van der Waals surface area contributed by atoms with Crippen LogP contribution in [0.2, 0.25) is 0 Å². The Balaban J connectivity index is 3.24. The van der Waals surface area contributed by atoms with Crippen LogP contribution >= 0.6 is 15.9 Å². The van der Waals surface area contributed by atoms with Crippen LogP contribution in [0.3, 0.4) is 0 Å². The summed E-state index contributed by atoms with van der Waals surface area (Å²) in [5.74, 6) is -1.42. The van der Waals surface area contributed by atoms with E-state index in [0.29, 0.717) is 6.20 Å². The van der Waals surface area contributed by atoms with Crippen molar-refractivity contribution in [2.45, 2.75) is 12.8 Å². The minimum absolute atomic E-state index is 0.343. The second-order valence-electron chi connectivity index (χ2n) is 2.58. The summed E-state index contributed by atoms with van der Waals surface area (Å²) >= 11 is 2.62. The number of nitrogens with zero attached hydrogens (tertiary/aromatic N) is 1. The SMILES string of the molecule is Nc1ncc(OC(F)(F)F)c(C(F)F)c1Br. The molecular weight excluding hydrogens is 303 g/mol. The van der Waals surface area contributed by atoms with Gasteiger partial charge in [-0.1, -0.05) is 0 Å². The van der Waals surface area contributed by atoms with Gasteiger partial charge in [0.15, 0.2) is 5.75 Å². The van der Waals surface area contributed by atoms with Crippen molar-refractivity contribution in [3.05, 3.63) is 16.2 Å². The van der Waals surface area contributed by atoms with E-state index in [9.17, 15) is 22.0 Å². The van der Waals surface area contributed by atoms with Crippen LogP contribution in [0.15, 0.2) is 10.7 Å². The Morgan fingerprint density at radius 3 is 2.38 bits per heavy atom. The standard InChI is InChI=1S/C7H4BrF5N2O/c8-4-3(5(9)10)2(1-15-6(4)14)16-7(11,12)13/h1,5H,(H2,14,15). The van der Waals surface area contributed by atoms with Gasteiger partial charge in [0.05, 0.1) is 16.2 Å². The first kappa shape index (κ1) is 12.9. The molecule has 90 valence electrons. The van der Waals surface area contributed by atoms with E-state index >= 15 is 0 Å². The third-order valence-electron chi connectivity index (χ3n) is 1.49. The first-order valence-electron chi connectivity index (χ1n) is 3.70. The van der Waals surface area contributed by atoms with Crippen molar-refractivity contribution in [3.8, 4) is 5.75 Å². The molecule has 1 rings (SSSR count). The fraction of sp³-hybridized carbons (Fsp3) is 0.286. The second-order valence-corrected chi connectivity index (χ2v) is 3.38. The molecule has 0 atom stereocenters. The average molecular weight is 307 g/mol. The molecule has 1 aromatic rings. The number of anilines is 1. The van der Waals surface area contributed by atoms with Crippen molar-refractivity contribution in [3.63, 3.8) is 0 Å². The lowest BCUT2D eigenvalue weighted by Gasteiger charge is -2.14. The number of rotatable bonds is 2. The minimum Gasteiger partial charge on any atom is -0.404 e. The molecule has 0 bridgehead atoms. The van der Waals surface area contributed by atoms with Crippen LogP contribution in [0.5, 0.6) is 5.75 Å². The molecule has 0 saturated carbocycles. The Bertz CT molecular complexity index is 395. The number of hydrogen-bond donors (Lipinski definition) is 1. The molecule has 0 radical (unpaired) electrons. The van der Waals surface area contributed by atoms with Gasteiger partial charge in [0.1, 0.15) is 5.82 Å². The number of nitrogen functional groups attached to an aromatic ring is 1. The summed E-state index contributed by atoms with van der Waals surface area (Å²) in [7, 11) is 0. The fourth-order valence-electron chi connectivity index (χ4n) is 0.910. The Morgan fingerprint density at radius 2 is 1.94 bits per heavy atom. The van der Waals surface area contributed by atoms with E-state index < -0.39 is 28.6 Å². The van der Waals surface area contributed by atoms with Gasteiger partial charge in [-0.25, -0.2) is 13.8 Å². The summed E-state index contributed by atoms with van der Waals surface area (Å²) in [5, 5.41) is 0. The fourth-order valence-corrected chi connectivity index (χ4v) is 1.38. The van der Waals surface area contributed by atoms with Crippen LogP contribution in [0, 0.1) is 0 Å². The smallest absolute Gasteiger partial charge is 0.404 e. The van der Waals surface area contributed by atoms with Crippen LogP contribution < -0.4 is 10.5 Å². The van der Waals surface area contributed by atoms with Gasteiger partial charge in [-0.3, -0.25) is 0 Å². The van der Waals surface area contributed by atoms with Crippen molar-refractivity contribution in [1.82, 2.24) is 4.98 Å². The first-order chi connectivity index (χ1) is 7.22. The summed E-state index contributed by atoms with van der Waals surface area (Å²) in [6, 6.07) is 0. The van der Waals surface area contributed by atoms with Crippen molar-refractivity contribution in [1.29, 1.82) is 0 Å². The van der Waals surface area contributed by atoms with Crippen LogP contribution in [-0.2, 0) is 0 Å². The largest absolute Gasteiger partial charge is 0.573 e. The lowest BCUT2D eigenvalue weighted by atomic mass is 10.2. The van der Waals surface area contributed by atoms with Crippen LogP contribution in [-0.4, -0.2) is 11.3 Å². The predicted molar refractivity (Wildman–Crippen MR) is 48.0 cm³/mol. The zero-order valence-electron chi connectivity index (χ0n) is 7.36. The molecule has 2 N–H and O–H groups in total. The second kappa shape index (κ2) is 4.40. The highest BCUT2D eigenvalue weighted by atomic mass is 79.9. The number of aromatic nitrogens is 1. The van der Waals surface area contributed by atoms with Crippen molar-refractivity contribution in [2.75, 3.05) is 5.73 Å². The van der Waals surface area contributed by atoms with E-state index in [1.807, 2.05) is 0 Å². The summed E-state index contributed by atoms with van der Waals surface area (Å²) in [6.45, 7) is 0. The molecule has 9 heteroatoms. The van der Waals surface area contributed by atoms with Gasteiger partial charge in [0.2, 0.25) is 0 Å². The topological polar surface area (TPSA) is 48.1 Å². The Labute approximate surface area is 94.5 Å². The molecule has 0 spiro atoms. The summed E-state index contributed by atoms with van der Waals surface area (Å²) in [6.07, 6.45) is -7.74. The molecule has 16 heavy (non-hydrogen) atoms. The molecule has 0 aliphatic heterocycles. The number of alkyl halides is 5. The van der Waals surface area contributed by atoms with Gasteiger partial charge >= 0.3 is 6.36 Å². The third-order valence-corrected chi connectivity index (χ3v) is 2.33. The van der Waals surface area contributed by atoms with E-state index in [1.54, 1.807) is 0 Å². The monoisotopic (exact) mass is 306 g/mol. The summed E-state index contributed by atoms with van der Waals surface area (Å²) in [5.41, 5.74) is 4.18. The maximum Gasteiger partial charge on any atom is 0.573 e. The van der Waals surface area contributed by atoms with Crippen LogP contribution in [0.4, 0.5) is 27.8 Å². The van der Waals surface area contributed by atoms with Gasteiger partial charge in [-0.05, 0) is 15.9 Å². The van der Waals surface area contributed by atoms with Crippen molar-refractivity contribution < 1.29 is 26.7 Å². The van der Waals surface area contributed by atoms with Crippen molar-refractivity contribution in [2.24, 2.45) is 0 Å². The zero-order valence-corrected chi connectivity index (χ0v) is 8.94. The van der Waals surface area contributed by atoms with Crippen molar-refractivity contribution >= 4 is 21.7 Å². The molecule has 0 amide bonds. The molecule has 3 nitrogen and oxygen atoms in total. The first-order valence-corrected chi connectivity index (χ1v) is 4.49. The quantitative estimate of drug-likeness (QED) is 0.853. The highest BCUT2D eigenvalue weighted by Gasteiger charge is 2.34. The number of hydrogen-bond acceptors (Lipinski definition) is 3. The van der Waals surface area contributed by atoms with Gasteiger partial charge in [-0.2, -0.15) is 0 Å². The van der Waals surface area contributed by atoms with Crippen LogP contribution in [0.1, 0.15) is 12.0 Å². The molecular formula is C7H4BrF5N2O. The number of pyridine rings is 1. The molecule has 1 heterocycles. The maximum atomic E-state index is 12.5. The highest BCUT2D eigenvalue weighted by molar-refractivity contribution is 9.10. The van der Waals surface area contributed by atoms with E-state index in [1.165, 1.54) is 0 Å². The lowest BCUT2D eigenvalue weighted by molar-refractivity contribution is -0.275. The Kier molecular flexibility index (Phi) is 3.56. The van der Waals surface area contributed by atoms with Gasteiger partial charge in [0, 0.05) is 0 Å². The third kappa shape index (κ3) is 2.94. The Hall–Kier alpha value is -1.12. The average Bonchev–Trinajstić information content (AvgIpc) is 2.08. The van der Waals surface area contributed by atoms with E-state index in [-0.39, 0.29) is 5.82 Å². The zero-order chi connectivity index (χ0) is 12.5. The molecule has 1 aromatic heterocycles. The molecule has 0 aromatic carbocycles. The number of ether oxygens (including phenoxy) is 1. The van der Waals surface area contributed by atoms with E-state index in [4.69, 9.17) is 5.73 Å². The molecule has 0 fully saturated rings. The number of halogens is 6. The molecule has 0 aliphatic carbocycles. The summed E-state index contributed by atoms with van der Waals surface area (Å²) < 4.78 is 63.6. The van der Waals surface area contributed by atoms with Gasteiger partial charge in [0.25, 0.3) is 6.43 Å². The highest BCUT2D eigenvalue weighted by Crippen LogP contribution is 2.39. The van der Waals surface area contributed by atoms with E-state index in [0.717, 1.165) is 0 Å². The molecule has 0 unspecified atom stereocenters. The van der Waals surface area contributed by atoms with Gasteiger partial charge in [-0.15, -0.1) is 13.2 Å². The minimum atomic E-state index is -5.07. The van der Waals surface area contributed by atoms with E-state index in [2.05, 4.69) is 25.7 Å².